The van der Waals surface area contributed by atoms with Crippen molar-refractivity contribution in [3.8, 4) is 11.3 Å². The smallest absolute Gasteiger partial charge is 0.150 e. The molecule has 1 aromatic heterocycles. The van der Waals surface area contributed by atoms with Crippen LogP contribution in [0.15, 0.2) is 36.5 Å². The first-order chi connectivity index (χ1) is 7.36. The zero-order chi connectivity index (χ0) is 10.7. The summed E-state index contributed by atoms with van der Waals surface area (Å²) in [4.78, 5) is 10.9. The minimum Gasteiger partial charge on any atom is -0.298 e. The Labute approximate surface area is 88.4 Å². The molecular formula is C12H12N2O. The molecule has 0 unspecified atom stereocenters. The third-order valence-electron chi connectivity index (χ3n) is 2.38. The van der Waals surface area contributed by atoms with Gasteiger partial charge in [0.1, 0.15) is 0 Å². The predicted molar refractivity (Wildman–Crippen MR) is 58.7 cm³/mol. The van der Waals surface area contributed by atoms with Crippen LogP contribution in [0.2, 0.25) is 0 Å². The van der Waals surface area contributed by atoms with Gasteiger partial charge in [-0.2, -0.15) is 5.10 Å². The van der Waals surface area contributed by atoms with E-state index in [2.05, 4.69) is 5.10 Å². The molecule has 0 bridgehead atoms. The minimum atomic E-state index is 0.702. The van der Waals surface area contributed by atoms with E-state index < -0.39 is 0 Å². The second-order valence-corrected chi connectivity index (χ2v) is 3.24. The summed E-state index contributed by atoms with van der Waals surface area (Å²) in [7, 11) is 0. The molecule has 0 aliphatic carbocycles. The Morgan fingerprint density at radius 3 is 2.87 bits per heavy atom. The first-order valence-electron chi connectivity index (χ1n) is 4.93. The Bertz CT molecular complexity index is 474. The van der Waals surface area contributed by atoms with Gasteiger partial charge in [0, 0.05) is 23.9 Å². The first kappa shape index (κ1) is 9.65. The molecule has 0 aliphatic heterocycles. The average molecular weight is 200 g/mol. The number of carbonyl (C=O) groups excluding carboxylic acids is 1. The molecule has 0 saturated carbocycles. The van der Waals surface area contributed by atoms with Crippen LogP contribution >= 0.6 is 0 Å². The molecule has 3 nitrogen and oxygen atoms in total. The van der Waals surface area contributed by atoms with Gasteiger partial charge in [-0.05, 0) is 13.0 Å². The first-order valence-corrected chi connectivity index (χ1v) is 4.93. The highest BCUT2D eigenvalue weighted by molar-refractivity contribution is 5.86. The fraction of sp³-hybridized carbons (Fsp3) is 0.167. The summed E-state index contributed by atoms with van der Waals surface area (Å²) in [6, 6.07) is 9.46. The zero-order valence-electron chi connectivity index (χ0n) is 8.55. The SMILES string of the molecule is CCn1nccc1-c1ccccc1C=O. The summed E-state index contributed by atoms with van der Waals surface area (Å²) in [5, 5.41) is 4.19. The van der Waals surface area contributed by atoms with Gasteiger partial charge in [-0.15, -0.1) is 0 Å². The summed E-state index contributed by atoms with van der Waals surface area (Å²) in [6.07, 6.45) is 2.63. The lowest BCUT2D eigenvalue weighted by Gasteiger charge is -2.06. The van der Waals surface area contributed by atoms with Crippen molar-refractivity contribution in [2.24, 2.45) is 0 Å². The van der Waals surface area contributed by atoms with E-state index in [0.29, 0.717) is 5.56 Å². The summed E-state index contributed by atoms with van der Waals surface area (Å²) < 4.78 is 1.88. The molecule has 0 fully saturated rings. The highest BCUT2D eigenvalue weighted by atomic mass is 16.1. The molecular weight excluding hydrogens is 188 g/mol. The second kappa shape index (κ2) is 4.09. The number of carbonyl (C=O) groups is 1. The van der Waals surface area contributed by atoms with Gasteiger partial charge in [-0.3, -0.25) is 9.48 Å². The maximum Gasteiger partial charge on any atom is 0.150 e. The molecule has 0 aliphatic rings. The Kier molecular flexibility index (Phi) is 2.63. The molecule has 0 spiro atoms. The quantitative estimate of drug-likeness (QED) is 0.713. The van der Waals surface area contributed by atoms with Crippen LogP contribution in [0.4, 0.5) is 0 Å². The lowest BCUT2D eigenvalue weighted by atomic mass is 10.1. The monoisotopic (exact) mass is 200 g/mol. The molecule has 0 atom stereocenters. The van der Waals surface area contributed by atoms with Gasteiger partial charge < -0.3 is 0 Å². The normalized spacial score (nSPS) is 10.2. The Balaban J connectivity index is 2.58. The van der Waals surface area contributed by atoms with Crippen LogP contribution in [0.25, 0.3) is 11.3 Å². The summed E-state index contributed by atoms with van der Waals surface area (Å²) in [6.45, 7) is 2.83. The van der Waals surface area contributed by atoms with Crippen molar-refractivity contribution in [3.05, 3.63) is 42.1 Å². The second-order valence-electron chi connectivity index (χ2n) is 3.24. The van der Waals surface area contributed by atoms with Crippen molar-refractivity contribution >= 4 is 6.29 Å². The molecule has 1 aromatic carbocycles. The van der Waals surface area contributed by atoms with Crippen LogP contribution in [0, 0.1) is 0 Å². The summed E-state index contributed by atoms with van der Waals surface area (Å²) in [5.41, 5.74) is 2.62. The fourth-order valence-corrected chi connectivity index (χ4v) is 1.65. The maximum atomic E-state index is 10.9. The molecule has 0 N–H and O–H groups in total. The van der Waals surface area contributed by atoms with E-state index in [1.54, 1.807) is 6.20 Å². The molecule has 2 aromatic rings. The number of hydrogen-bond donors (Lipinski definition) is 0. The lowest BCUT2D eigenvalue weighted by Crippen LogP contribution is -2.00. The number of aromatic nitrogens is 2. The highest BCUT2D eigenvalue weighted by Crippen LogP contribution is 2.21. The van der Waals surface area contributed by atoms with Crippen LogP contribution < -0.4 is 0 Å². The highest BCUT2D eigenvalue weighted by Gasteiger charge is 2.07. The lowest BCUT2D eigenvalue weighted by molar-refractivity contribution is 0.112. The molecule has 2 rings (SSSR count). The molecule has 0 radical (unpaired) electrons. The number of aryl methyl sites for hydroxylation is 1. The standard InChI is InChI=1S/C12H12N2O/c1-2-14-12(7-8-13-14)11-6-4-3-5-10(11)9-15/h3-9H,2H2,1H3. The van der Waals surface area contributed by atoms with Gasteiger partial charge in [0.2, 0.25) is 0 Å². The number of benzene rings is 1. The van der Waals surface area contributed by atoms with E-state index in [1.807, 2.05) is 41.9 Å². The molecule has 15 heavy (non-hydrogen) atoms. The van der Waals surface area contributed by atoms with E-state index >= 15 is 0 Å². The molecule has 0 amide bonds. The minimum absolute atomic E-state index is 0.702. The van der Waals surface area contributed by atoms with Crippen molar-refractivity contribution < 1.29 is 4.79 Å². The van der Waals surface area contributed by atoms with Crippen LogP contribution in [-0.2, 0) is 6.54 Å². The van der Waals surface area contributed by atoms with Crippen molar-refractivity contribution in [2.45, 2.75) is 13.5 Å². The summed E-state index contributed by atoms with van der Waals surface area (Å²) in [5.74, 6) is 0. The third-order valence-corrected chi connectivity index (χ3v) is 2.38. The van der Waals surface area contributed by atoms with E-state index in [9.17, 15) is 4.79 Å². The topological polar surface area (TPSA) is 34.9 Å². The Hall–Kier alpha value is -1.90. The average Bonchev–Trinajstić information content (AvgIpc) is 2.76. The molecule has 1 heterocycles. The van der Waals surface area contributed by atoms with Crippen molar-refractivity contribution in [1.82, 2.24) is 9.78 Å². The van der Waals surface area contributed by atoms with Gasteiger partial charge in [0.15, 0.2) is 6.29 Å². The Morgan fingerprint density at radius 2 is 2.13 bits per heavy atom. The molecule has 76 valence electrons. The van der Waals surface area contributed by atoms with E-state index in [1.165, 1.54) is 0 Å². The van der Waals surface area contributed by atoms with E-state index in [0.717, 1.165) is 24.1 Å². The van der Waals surface area contributed by atoms with Gasteiger partial charge in [-0.1, -0.05) is 24.3 Å². The van der Waals surface area contributed by atoms with Gasteiger partial charge >= 0.3 is 0 Å². The van der Waals surface area contributed by atoms with E-state index in [-0.39, 0.29) is 0 Å². The maximum absolute atomic E-state index is 10.9. The number of aldehydes is 1. The number of nitrogens with zero attached hydrogens (tertiary/aromatic N) is 2. The number of rotatable bonds is 3. The van der Waals surface area contributed by atoms with Crippen LogP contribution in [-0.4, -0.2) is 16.1 Å². The largest absolute Gasteiger partial charge is 0.298 e. The zero-order valence-corrected chi connectivity index (χ0v) is 8.55. The fourth-order valence-electron chi connectivity index (χ4n) is 1.65. The van der Waals surface area contributed by atoms with E-state index in [4.69, 9.17) is 0 Å². The number of hydrogen-bond acceptors (Lipinski definition) is 2. The predicted octanol–water partition coefficient (Wildman–Crippen LogP) is 2.38. The van der Waals surface area contributed by atoms with Gasteiger partial charge in [0.05, 0.1) is 5.69 Å². The molecule has 0 saturated heterocycles. The van der Waals surface area contributed by atoms with Crippen LogP contribution in [0.5, 0.6) is 0 Å². The van der Waals surface area contributed by atoms with Crippen LogP contribution in [0.1, 0.15) is 17.3 Å². The van der Waals surface area contributed by atoms with Crippen molar-refractivity contribution in [2.75, 3.05) is 0 Å². The van der Waals surface area contributed by atoms with Crippen LogP contribution in [0.3, 0.4) is 0 Å². The Morgan fingerprint density at radius 1 is 1.33 bits per heavy atom. The van der Waals surface area contributed by atoms with Gasteiger partial charge in [-0.25, -0.2) is 0 Å². The van der Waals surface area contributed by atoms with Gasteiger partial charge in [0.25, 0.3) is 0 Å². The molecule has 3 heteroatoms. The van der Waals surface area contributed by atoms with Crippen molar-refractivity contribution in [1.29, 1.82) is 0 Å². The summed E-state index contributed by atoms with van der Waals surface area (Å²) >= 11 is 0. The van der Waals surface area contributed by atoms with Crippen molar-refractivity contribution in [3.63, 3.8) is 0 Å². The third kappa shape index (κ3) is 1.68.